The predicted octanol–water partition coefficient (Wildman–Crippen LogP) is 3.38. The van der Waals surface area contributed by atoms with Crippen molar-refractivity contribution in [2.75, 3.05) is 0 Å². The number of hydrogen-bond donors (Lipinski definition) is 0. The molecule has 74 valence electrons. The number of hydrogen-bond acceptors (Lipinski definition) is 0. The minimum absolute atomic E-state index is 0.847. The molecule has 1 rings (SSSR count). The SMILES string of the molecule is C#CCCc1cc(CC)ccc1CC. The van der Waals surface area contributed by atoms with Crippen molar-refractivity contribution < 1.29 is 0 Å². The zero-order chi connectivity index (χ0) is 10.4. The van der Waals surface area contributed by atoms with Crippen LogP contribution in [0.3, 0.4) is 0 Å². The van der Waals surface area contributed by atoms with Gasteiger partial charge >= 0.3 is 0 Å². The van der Waals surface area contributed by atoms with Gasteiger partial charge in [-0.05, 0) is 36.0 Å². The van der Waals surface area contributed by atoms with E-state index in [1.807, 2.05) is 0 Å². The van der Waals surface area contributed by atoms with Crippen molar-refractivity contribution in [1.82, 2.24) is 0 Å². The Bertz CT molecular complexity index is 328. The van der Waals surface area contributed by atoms with E-state index in [1.165, 1.54) is 16.7 Å². The molecule has 0 saturated heterocycles. The average molecular weight is 186 g/mol. The average Bonchev–Trinajstić information content (AvgIpc) is 2.25. The smallest absolute Gasteiger partial charge is 0.0127 e. The molecule has 1 aromatic carbocycles. The van der Waals surface area contributed by atoms with Crippen LogP contribution in [0.2, 0.25) is 0 Å². The lowest BCUT2D eigenvalue weighted by molar-refractivity contribution is 0.967. The van der Waals surface area contributed by atoms with Gasteiger partial charge < -0.3 is 0 Å². The third-order valence-electron chi connectivity index (χ3n) is 2.60. The lowest BCUT2D eigenvalue weighted by Gasteiger charge is -2.08. The van der Waals surface area contributed by atoms with Gasteiger partial charge in [0.1, 0.15) is 0 Å². The summed E-state index contributed by atoms with van der Waals surface area (Å²) in [6, 6.07) is 6.76. The van der Waals surface area contributed by atoms with Gasteiger partial charge in [-0.25, -0.2) is 0 Å². The minimum atomic E-state index is 0.847. The minimum Gasteiger partial charge on any atom is -0.120 e. The number of terminal acetylenes is 1. The van der Waals surface area contributed by atoms with Crippen LogP contribution in [0.25, 0.3) is 0 Å². The van der Waals surface area contributed by atoms with Crippen LogP contribution in [0.1, 0.15) is 37.0 Å². The summed E-state index contributed by atoms with van der Waals surface area (Å²) in [4.78, 5) is 0. The molecule has 1 aromatic rings. The largest absolute Gasteiger partial charge is 0.120 e. The maximum absolute atomic E-state index is 5.29. The highest BCUT2D eigenvalue weighted by Gasteiger charge is 2.00. The first-order valence-electron chi connectivity index (χ1n) is 5.36. The molecule has 0 atom stereocenters. The highest BCUT2D eigenvalue weighted by Crippen LogP contribution is 2.15. The van der Waals surface area contributed by atoms with Crippen molar-refractivity contribution in [2.24, 2.45) is 0 Å². The second-order valence-electron chi connectivity index (χ2n) is 3.51. The fourth-order valence-electron chi connectivity index (χ4n) is 1.68. The molecule has 0 heterocycles. The van der Waals surface area contributed by atoms with Crippen molar-refractivity contribution in [3.05, 3.63) is 34.9 Å². The zero-order valence-electron chi connectivity index (χ0n) is 9.14. The molecule has 0 unspecified atom stereocenters. The Balaban J connectivity index is 2.91. The molecule has 0 radical (unpaired) electrons. The maximum Gasteiger partial charge on any atom is 0.0127 e. The summed E-state index contributed by atoms with van der Waals surface area (Å²) in [6.07, 6.45) is 9.36. The van der Waals surface area contributed by atoms with E-state index < -0.39 is 0 Å². The van der Waals surface area contributed by atoms with E-state index in [9.17, 15) is 0 Å². The Labute approximate surface area is 87.4 Å². The van der Waals surface area contributed by atoms with Crippen LogP contribution >= 0.6 is 0 Å². The monoisotopic (exact) mass is 186 g/mol. The van der Waals surface area contributed by atoms with Crippen molar-refractivity contribution in [1.29, 1.82) is 0 Å². The summed E-state index contributed by atoms with van der Waals surface area (Å²) in [7, 11) is 0. The Morgan fingerprint density at radius 2 is 1.93 bits per heavy atom. The second kappa shape index (κ2) is 5.50. The quantitative estimate of drug-likeness (QED) is 0.632. The molecule has 0 aromatic heterocycles. The summed E-state index contributed by atoms with van der Waals surface area (Å²) in [5, 5.41) is 0. The van der Waals surface area contributed by atoms with E-state index in [-0.39, 0.29) is 0 Å². The van der Waals surface area contributed by atoms with Crippen LogP contribution in [-0.2, 0) is 19.3 Å². The van der Waals surface area contributed by atoms with Crippen LogP contribution in [0.4, 0.5) is 0 Å². The molecule has 0 amide bonds. The van der Waals surface area contributed by atoms with E-state index >= 15 is 0 Å². The second-order valence-corrected chi connectivity index (χ2v) is 3.51. The van der Waals surface area contributed by atoms with Crippen LogP contribution in [0.15, 0.2) is 18.2 Å². The van der Waals surface area contributed by atoms with Gasteiger partial charge in [-0.2, -0.15) is 0 Å². The van der Waals surface area contributed by atoms with Crippen LogP contribution < -0.4 is 0 Å². The van der Waals surface area contributed by atoms with Gasteiger partial charge in [-0.3, -0.25) is 0 Å². The Kier molecular flexibility index (Phi) is 4.26. The summed E-state index contributed by atoms with van der Waals surface area (Å²) < 4.78 is 0. The summed E-state index contributed by atoms with van der Waals surface area (Å²) in [5.41, 5.74) is 4.29. The molecule has 0 spiro atoms. The molecule has 0 nitrogen and oxygen atoms in total. The molecule has 0 saturated carbocycles. The molecule has 0 aliphatic heterocycles. The first-order chi connectivity index (χ1) is 6.81. The first kappa shape index (κ1) is 10.9. The fraction of sp³-hybridized carbons (Fsp3) is 0.429. The van der Waals surface area contributed by atoms with Gasteiger partial charge in [0.25, 0.3) is 0 Å². The summed E-state index contributed by atoms with van der Waals surface area (Å²) >= 11 is 0. The first-order valence-corrected chi connectivity index (χ1v) is 5.36. The summed E-state index contributed by atoms with van der Waals surface area (Å²) in [5.74, 6) is 2.70. The number of rotatable bonds is 4. The maximum atomic E-state index is 5.29. The van der Waals surface area contributed by atoms with Crippen LogP contribution in [0.5, 0.6) is 0 Å². The lowest BCUT2D eigenvalue weighted by Crippen LogP contribution is -1.94. The van der Waals surface area contributed by atoms with E-state index in [0.29, 0.717) is 0 Å². The molecule has 0 aliphatic rings. The van der Waals surface area contributed by atoms with Crippen LogP contribution in [-0.4, -0.2) is 0 Å². The number of aryl methyl sites for hydroxylation is 3. The van der Waals surface area contributed by atoms with Crippen molar-refractivity contribution in [2.45, 2.75) is 39.5 Å². The third-order valence-corrected chi connectivity index (χ3v) is 2.60. The van der Waals surface area contributed by atoms with Crippen molar-refractivity contribution >= 4 is 0 Å². The molecule has 0 aliphatic carbocycles. The standard InChI is InChI=1S/C14H18/c1-4-7-8-14-11-12(5-2)9-10-13(14)6-3/h1,9-11H,5-8H2,2-3H3. The van der Waals surface area contributed by atoms with Gasteiger partial charge in [0, 0.05) is 6.42 Å². The Morgan fingerprint density at radius 1 is 1.14 bits per heavy atom. The number of benzene rings is 1. The molecule has 0 N–H and O–H groups in total. The topological polar surface area (TPSA) is 0 Å². The zero-order valence-corrected chi connectivity index (χ0v) is 9.14. The highest BCUT2D eigenvalue weighted by atomic mass is 14.1. The van der Waals surface area contributed by atoms with E-state index in [1.54, 1.807) is 0 Å². The highest BCUT2D eigenvalue weighted by molar-refractivity contribution is 5.32. The van der Waals surface area contributed by atoms with Gasteiger partial charge in [-0.15, -0.1) is 12.3 Å². The van der Waals surface area contributed by atoms with Crippen molar-refractivity contribution in [3.8, 4) is 12.3 Å². The Morgan fingerprint density at radius 3 is 2.50 bits per heavy atom. The Hall–Kier alpha value is -1.22. The van der Waals surface area contributed by atoms with Gasteiger partial charge in [0.15, 0.2) is 0 Å². The molecule has 14 heavy (non-hydrogen) atoms. The molecule has 0 fully saturated rings. The molecular weight excluding hydrogens is 168 g/mol. The van der Waals surface area contributed by atoms with E-state index in [2.05, 4.69) is 38.0 Å². The fourth-order valence-corrected chi connectivity index (χ4v) is 1.68. The van der Waals surface area contributed by atoms with Crippen molar-refractivity contribution in [3.63, 3.8) is 0 Å². The van der Waals surface area contributed by atoms with Gasteiger partial charge in [-0.1, -0.05) is 32.0 Å². The van der Waals surface area contributed by atoms with Crippen LogP contribution in [0, 0.1) is 12.3 Å². The lowest BCUT2D eigenvalue weighted by atomic mass is 9.97. The molecule has 0 bridgehead atoms. The molecular formula is C14H18. The third kappa shape index (κ3) is 2.64. The van der Waals surface area contributed by atoms with E-state index in [0.717, 1.165) is 25.7 Å². The molecule has 0 heteroatoms. The van der Waals surface area contributed by atoms with Gasteiger partial charge in [0.2, 0.25) is 0 Å². The normalized spacial score (nSPS) is 9.79. The van der Waals surface area contributed by atoms with Gasteiger partial charge in [0.05, 0.1) is 0 Å². The predicted molar refractivity (Wildman–Crippen MR) is 62.4 cm³/mol. The summed E-state index contributed by atoms with van der Waals surface area (Å²) in [6.45, 7) is 4.38. The van der Waals surface area contributed by atoms with E-state index in [4.69, 9.17) is 6.42 Å².